The Morgan fingerprint density at radius 2 is 2.06 bits per heavy atom. The molecule has 0 heterocycles. The highest BCUT2D eigenvalue weighted by atomic mass is 35.5. The van der Waals surface area contributed by atoms with Gasteiger partial charge in [-0.05, 0) is 36.5 Å². The summed E-state index contributed by atoms with van der Waals surface area (Å²) < 4.78 is 14.5. The van der Waals surface area contributed by atoms with Gasteiger partial charge < -0.3 is 5.73 Å². The van der Waals surface area contributed by atoms with E-state index in [0.717, 1.165) is 18.4 Å². The van der Waals surface area contributed by atoms with Gasteiger partial charge in [0, 0.05) is 23.0 Å². The number of hydrogen-bond donors (Lipinski definition) is 1. The highest BCUT2D eigenvalue weighted by Crippen LogP contribution is 2.44. The minimum Gasteiger partial charge on any atom is -0.328 e. The average molecular weight is 262 g/mol. The van der Waals surface area contributed by atoms with Crippen LogP contribution in [-0.4, -0.2) is 12.2 Å². The van der Waals surface area contributed by atoms with Crippen molar-refractivity contribution in [2.45, 2.75) is 24.9 Å². The molecule has 0 saturated heterocycles. The molecule has 0 amide bonds. The number of benzene rings is 1. The fourth-order valence-corrected chi connectivity index (χ4v) is 2.44. The second kappa shape index (κ2) is 4.52. The first kappa shape index (κ1) is 12.2. The van der Waals surface area contributed by atoms with Gasteiger partial charge in [0.15, 0.2) is 0 Å². The number of alkyl halides is 1. The second-order valence-electron chi connectivity index (χ2n) is 4.43. The van der Waals surface area contributed by atoms with Crippen LogP contribution in [0, 0.1) is 5.92 Å². The summed E-state index contributed by atoms with van der Waals surface area (Å²) in [5, 5.41) is 1.08. The minimum atomic E-state index is -1.31. The molecule has 0 aromatic heterocycles. The van der Waals surface area contributed by atoms with Crippen molar-refractivity contribution in [3.63, 3.8) is 0 Å². The van der Waals surface area contributed by atoms with E-state index in [-0.39, 0.29) is 18.9 Å². The summed E-state index contributed by atoms with van der Waals surface area (Å²) in [4.78, 5) is 0. The average Bonchev–Trinajstić information content (AvgIpc) is 3.06. The zero-order valence-corrected chi connectivity index (χ0v) is 10.4. The van der Waals surface area contributed by atoms with E-state index in [1.54, 1.807) is 18.2 Å². The molecule has 1 aliphatic carbocycles. The lowest BCUT2D eigenvalue weighted by Crippen LogP contribution is -2.37. The van der Waals surface area contributed by atoms with E-state index < -0.39 is 5.67 Å². The first-order chi connectivity index (χ1) is 7.55. The van der Waals surface area contributed by atoms with E-state index >= 15 is 0 Å². The highest BCUT2D eigenvalue weighted by Gasteiger charge is 2.44. The summed E-state index contributed by atoms with van der Waals surface area (Å²) in [5.74, 6) is 0.101. The molecule has 0 bridgehead atoms. The molecule has 2 N–H and O–H groups in total. The van der Waals surface area contributed by atoms with Crippen LogP contribution in [0.3, 0.4) is 0 Å². The Balaban J connectivity index is 2.18. The van der Waals surface area contributed by atoms with Crippen LogP contribution in [0.25, 0.3) is 0 Å². The maximum atomic E-state index is 14.5. The molecule has 1 nitrogen and oxygen atoms in total. The van der Waals surface area contributed by atoms with E-state index in [2.05, 4.69) is 0 Å². The predicted octanol–water partition coefficient (Wildman–Crippen LogP) is 3.61. The zero-order valence-electron chi connectivity index (χ0n) is 8.85. The highest BCUT2D eigenvalue weighted by molar-refractivity contribution is 6.35. The van der Waals surface area contributed by atoms with Gasteiger partial charge in [0.1, 0.15) is 5.67 Å². The topological polar surface area (TPSA) is 26.0 Å². The van der Waals surface area contributed by atoms with E-state index in [9.17, 15) is 4.39 Å². The van der Waals surface area contributed by atoms with Gasteiger partial charge in [-0.15, -0.1) is 0 Å². The van der Waals surface area contributed by atoms with Crippen molar-refractivity contribution in [1.29, 1.82) is 0 Å². The summed E-state index contributed by atoms with van der Waals surface area (Å²) >= 11 is 11.8. The SMILES string of the molecule is NCC(F)(Cc1ccc(Cl)cc1Cl)C1CC1. The molecule has 88 valence electrons. The van der Waals surface area contributed by atoms with E-state index in [4.69, 9.17) is 28.9 Å². The van der Waals surface area contributed by atoms with Crippen molar-refractivity contribution in [1.82, 2.24) is 0 Å². The van der Waals surface area contributed by atoms with E-state index in [0.29, 0.717) is 10.0 Å². The molecule has 0 aliphatic heterocycles. The molecule has 2 rings (SSSR count). The molecule has 16 heavy (non-hydrogen) atoms. The van der Waals surface area contributed by atoms with Gasteiger partial charge in [0.05, 0.1) is 0 Å². The van der Waals surface area contributed by atoms with Gasteiger partial charge in [-0.2, -0.15) is 0 Å². The van der Waals surface area contributed by atoms with Crippen molar-refractivity contribution in [3.8, 4) is 0 Å². The van der Waals surface area contributed by atoms with Gasteiger partial charge in [0.25, 0.3) is 0 Å². The molecule has 1 aromatic carbocycles. The van der Waals surface area contributed by atoms with Gasteiger partial charge in [-0.3, -0.25) is 0 Å². The van der Waals surface area contributed by atoms with Gasteiger partial charge in [-0.25, -0.2) is 4.39 Å². The quantitative estimate of drug-likeness (QED) is 0.881. The molecule has 0 spiro atoms. The van der Waals surface area contributed by atoms with Crippen LogP contribution in [0.2, 0.25) is 10.0 Å². The summed E-state index contributed by atoms with van der Waals surface area (Å²) in [6, 6.07) is 5.14. The molecular weight excluding hydrogens is 248 g/mol. The Hall–Kier alpha value is -0.310. The third-order valence-electron chi connectivity index (χ3n) is 3.15. The minimum absolute atomic E-state index is 0.0522. The molecule has 1 fully saturated rings. The Labute approximate surface area is 105 Å². The van der Waals surface area contributed by atoms with Crippen molar-refractivity contribution in [3.05, 3.63) is 33.8 Å². The molecule has 1 unspecified atom stereocenters. The van der Waals surface area contributed by atoms with Crippen LogP contribution >= 0.6 is 23.2 Å². The Bertz CT molecular complexity index is 393. The molecule has 1 aliphatic rings. The van der Waals surface area contributed by atoms with Crippen molar-refractivity contribution >= 4 is 23.2 Å². The van der Waals surface area contributed by atoms with Crippen molar-refractivity contribution in [2.24, 2.45) is 11.7 Å². The van der Waals surface area contributed by atoms with Crippen LogP contribution in [0.5, 0.6) is 0 Å². The summed E-state index contributed by atoms with van der Waals surface area (Å²) in [5.41, 5.74) is 5.01. The number of hydrogen-bond acceptors (Lipinski definition) is 1. The lowest BCUT2D eigenvalue weighted by Gasteiger charge is -2.24. The molecule has 4 heteroatoms. The Morgan fingerprint density at radius 3 is 2.56 bits per heavy atom. The fraction of sp³-hybridized carbons (Fsp3) is 0.500. The van der Waals surface area contributed by atoms with Crippen molar-refractivity contribution in [2.75, 3.05) is 6.54 Å². The van der Waals surface area contributed by atoms with Crippen LogP contribution in [0.15, 0.2) is 18.2 Å². The van der Waals surface area contributed by atoms with Crippen LogP contribution < -0.4 is 5.73 Å². The summed E-state index contributed by atoms with van der Waals surface area (Å²) in [6.45, 7) is 0.0522. The van der Waals surface area contributed by atoms with E-state index in [1.807, 2.05) is 0 Å². The molecule has 1 atom stereocenters. The monoisotopic (exact) mass is 261 g/mol. The van der Waals surface area contributed by atoms with Crippen LogP contribution in [0.4, 0.5) is 4.39 Å². The van der Waals surface area contributed by atoms with Gasteiger partial charge >= 0.3 is 0 Å². The van der Waals surface area contributed by atoms with Crippen molar-refractivity contribution < 1.29 is 4.39 Å². The largest absolute Gasteiger partial charge is 0.328 e. The second-order valence-corrected chi connectivity index (χ2v) is 5.27. The maximum Gasteiger partial charge on any atom is 0.130 e. The zero-order chi connectivity index (χ0) is 11.8. The van der Waals surface area contributed by atoms with E-state index in [1.165, 1.54) is 0 Å². The number of halogens is 3. The molecule has 1 aromatic rings. The first-order valence-corrected chi connectivity index (χ1v) is 6.13. The Kier molecular flexibility index (Phi) is 3.43. The normalized spacial score (nSPS) is 19.5. The Morgan fingerprint density at radius 1 is 1.38 bits per heavy atom. The maximum absolute atomic E-state index is 14.5. The van der Waals surface area contributed by atoms with Gasteiger partial charge in [-0.1, -0.05) is 29.3 Å². The van der Waals surface area contributed by atoms with Gasteiger partial charge in [0.2, 0.25) is 0 Å². The number of nitrogens with two attached hydrogens (primary N) is 1. The molecule has 1 saturated carbocycles. The third kappa shape index (κ3) is 2.50. The fourth-order valence-electron chi connectivity index (χ4n) is 1.97. The standard InChI is InChI=1S/C12H14Cl2FN/c13-10-4-1-8(11(14)5-10)6-12(15,7-16)9-2-3-9/h1,4-5,9H,2-3,6-7,16H2. The first-order valence-electron chi connectivity index (χ1n) is 5.38. The lowest BCUT2D eigenvalue weighted by atomic mass is 9.91. The molecular formula is C12H14Cl2FN. The van der Waals surface area contributed by atoms with Crippen LogP contribution in [-0.2, 0) is 6.42 Å². The van der Waals surface area contributed by atoms with Crippen LogP contribution in [0.1, 0.15) is 18.4 Å². The summed E-state index contributed by atoms with van der Waals surface area (Å²) in [7, 11) is 0. The summed E-state index contributed by atoms with van der Waals surface area (Å²) in [6.07, 6.45) is 2.14. The smallest absolute Gasteiger partial charge is 0.130 e. The predicted molar refractivity (Wildman–Crippen MR) is 65.8 cm³/mol. The lowest BCUT2D eigenvalue weighted by molar-refractivity contribution is 0.142. The molecule has 0 radical (unpaired) electrons. The third-order valence-corrected chi connectivity index (χ3v) is 3.73. The number of rotatable bonds is 4.